The Labute approximate surface area is 120 Å². The van der Waals surface area contributed by atoms with E-state index in [1.54, 1.807) is 0 Å². The number of ether oxygens (including phenoxy) is 1. The van der Waals surface area contributed by atoms with Gasteiger partial charge in [-0.25, -0.2) is 0 Å². The zero-order chi connectivity index (χ0) is 14.5. The smallest absolute Gasteiger partial charge is 0.0489 e. The quantitative estimate of drug-likeness (QED) is 0.751. The number of nitrogens with zero attached hydrogens (tertiary/aromatic N) is 1. The molecule has 0 amide bonds. The van der Waals surface area contributed by atoms with Crippen LogP contribution in [0.5, 0.6) is 0 Å². The Morgan fingerprint density at radius 2 is 2.00 bits per heavy atom. The highest BCUT2D eigenvalue weighted by atomic mass is 16.5. The largest absolute Gasteiger partial charge is 0.381 e. The lowest BCUT2D eigenvalue weighted by molar-refractivity contribution is 0.0681. The second kappa shape index (κ2) is 7.61. The van der Waals surface area contributed by atoms with Gasteiger partial charge in [-0.15, -0.1) is 0 Å². The lowest BCUT2D eigenvalue weighted by atomic mass is 9.85. The van der Waals surface area contributed by atoms with Crippen LogP contribution in [0.3, 0.4) is 0 Å². The monoisotopic (exact) mass is 270 g/mol. The molecule has 0 bridgehead atoms. The molecule has 0 aromatic heterocycles. The van der Waals surface area contributed by atoms with E-state index in [9.17, 15) is 0 Å². The van der Waals surface area contributed by atoms with Crippen LogP contribution in [-0.2, 0) is 4.74 Å². The minimum absolute atomic E-state index is 0.340. The molecule has 1 aliphatic rings. The van der Waals surface area contributed by atoms with Crippen LogP contribution >= 0.6 is 0 Å². The minimum atomic E-state index is 0.340. The SMILES string of the molecule is CC(C)COCCCN1CC(C(C)(C)C)NCC1C. The van der Waals surface area contributed by atoms with E-state index in [1.807, 2.05) is 0 Å². The number of hydrogen-bond donors (Lipinski definition) is 1. The van der Waals surface area contributed by atoms with Gasteiger partial charge in [0.05, 0.1) is 0 Å². The summed E-state index contributed by atoms with van der Waals surface area (Å²) in [6, 6.07) is 1.24. The van der Waals surface area contributed by atoms with E-state index in [4.69, 9.17) is 4.74 Å². The number of piperazine rings is 1. The van der Waals surface area contributed by atoms with Crippen molar-refractivity contribution in [1.82, 2.24) is 10.2 Å². The van der Waals surface area contributed by atoms with E-state index in [2.05, 4.69) is 51.8 Å². The fraction of sp³-hybridized carbons (Fsp3) is 1.00. The van der Waals surface area contributed by atoms with Crippen LogP contribution in [-0.4, -0.2) is 49.8 Å². The van der Waals surface area contributed by atoms with Crippen molar-refractivity contribution < 1.29 is 4.74 Å². The van der Waals surface area contributed by atoms with Crippen LogP contribution in [0.25, 0.3) is 0 Å². The molecule has 3 heteroatoms. The zero-order valence-electron chi connectivity index (χ0n) is 13.8. The highest BCUT2D eigenvalue weighted by Gasteiger charge is 2.31. The Morgan fingerprint density at radius 1 is 1.32 bits per heavy atom. The van der Waals surface area contributed by atoms with Gasteiger partial charge in [-0.1, -0.05) is 34.6 Å². The van der Waals surface area contributed by atoms with Gasteiger partial charge in [0.1, 0.15) is 0 Å². The Hall–Kier alpha value is -0.120. The Morgan fingerprint density at radius 3 is 2.58 bits per heavy atom. The Kier molecular flexibility index (Phi) is 6.78. The molecule has 1 rings (SSSR count). The summed E-state index contributed by atoms with van der Waals surface area (Å²) < 4.78 is 5.67. The molecule has 1 fully saturated rings. The van der Waals surface area contributed by atoms with Crippen molar-refractivity contribution in [2.24, 2.45) is 11.3 Å². The molecule has 0 aromatic rings. The maximum atomic E-state index is 5.67. The van der Waals surface area contributed by atoms with E-state index < -0.39 is 0 Å². The van der Waals surface area contributed by atoms with Crippen LogP contribution in [0, 0.1) is 11.3 Å². The molecule has 0 spiro atoms. The summed E-state index contributed by atoms with van der Waals surface area (Å²) in [5, 5.41) is 3.68. The predicted octanol–water partition coefficient (Wildman–Crippen LogP) is 2.76. The fourth-order valence-corrected chi connectivity index (χ4v) is 2.50. The standard InChI is InChI=1S/C16H34N2O/c1-13(2)12-19-9-7-8-18-11-15(16(4,5)6)17-10-14(18)3/h13-15,17H,7-12H2,1-6H3. The normalized spacial score (nSPS) is 26.1. The number of nitrogens with one attached hydrogen (secondary N) is 1. The van der Waals surface area contributed by atoms with Gasteiger partial charge in [0, 0.05) is 44.9 Å². The molecule has 2 unspecified atom stereocenters. The molecule has 114 valence electrons. The first kappa shape index (κ1) is 16.9. The second-order valence-corrected chi connectivity index (χ2v) is 7.49. The summed E-state index contributed by atoms with van der Waals surface area (Å²) >= 11 is 0. The molecule has 1 saturated heterocycles. The van der Waals surface area contributed by atoms with Crippen LogP contribution in [0.1, 0.15) is 48.0 Å². The van der Waals surface area contributed by atoms with Crippen molar-refractivity contribution in [3.05, 3.63) is 0 Å². The van der Waals surface area contributed by atoms with Crippen LogP contribution < -0.4 is 5.32 Å². The maximum Gasteiger partial charge on any atom is 0.0489 e. The molecule has 0 aromatic carbocycles. The first-order valence-electron chi connectivity index (χ1n) is 7.86. The molecule has 0 radical (unpaired) electrons. The van der Waals surface area contributed by atoms with Crippen molar-refractivity contribution >= 4 is 0 Å². The molecular formula is C16H34N2O. The van der Waals surface area contributed by atoms with E-state index >= 15 is 0 Å². The van der Waals surface area contributed by atoms with E-state index in [0.29, 0.717) is 23.4 Å². The van der Waals surface area contributed by atoms with E-state index in [1.165, 1.54) is 0 Å². The molecule has 1 heterocycles. The summed E-state index contributed by atoms with van der Waals surface area (Å²) in [6.07, 6.45) is 1.15. The van der Waals surface area contributed by atoms with Crippen molar-refractivity contribution in [3.63, 3.8) is 0 Å². The molecular weight excluding hydrogens is 236 g/mol. The van der Waals surface area contributed by atoms with Gasteiger partial charge in [-0.3, -0.25) is 4.90 Å². The fourth-order valence-electron chi connectivity index (χ4n) is 2.50. The molecule has 0 aliphatic carbocycles. The zero-order valence-corrected chi connectivity index (χ0v) is 13.8. The Bertz CT molecular complexity index is 248. The predicted molar refractivity (Wildman–Crippen MR) is 82.6 cm³/mol. The van der Waals surface area contributed by atoms with Gasteiger partial charge in [0.2, 0.25) is 0 Å². The Balaban J connectivity index is 2.27. The summed E-state index contributed by atoms with van der Waals surface area (Å²) in [5.74, 6) is 0.642. The lowest BCUT2D eigenvalue weighted by Crippen LogP contribution is -2.59. The molecule has 1 aliphatic heterocycles. The van der Waals surface area contributed by atoms with Crippen molar-refractivity contribution in [3.8, 4) is 0 Å². The molecule has 3 nitrogen and oxygen atoms in total. The third-order valence-electron chi connectivity index (χ3n) is 3.93. The highest BCUT2D eigenvalue weighted by Crippen LogP contribution is 2.23. The first-order valence-corrected chi connectivity index (χ1v) is 7.86. The average molecular weight is 270 g/mol. The van der Waals surface area contributed by atoms with Gasteiger partial charge < -0.3 is 10.1 Å². The summed E-state index contributed by atoms with van der Waals surface area (Å²) in [4.78, 5) is 2.62. The highest BCUT2D eigenvalue weighted by molar-refractivity contribution is 4.90. The average Bonchev–Trinajstić information content (AvgIpc) is 2.29. The van der Waals surface area contributed by atoms with Crippen LogP contribution in [0.15, 0.2) is 0 Å². The van der Waals surface area contributed by atoms with Crippen LogP contribution in [0.2, 0.25) is 0 Å². The molecule has 2 atom stereocenters. The molecule has 1 N–H and O–H groups in total. The van der Waals surface area contributed by atoms with Gasteiger partial charge in [-0.05, 0) is 24.7 Å². The van der Waals surface area contributed by atoms with E-state index in [-0.39, 0.29) is 0 Å². The first-order chi connectivity index (χ1) is 8.80. The van der Waals surface area contributed by atoms with Crippen LogP contribution in [0.4, 0.5) is 0 Å². The third kappa shape index (κ3) is 6.24. The molecule has 0 saturated carbocycles. The van der Waals surface area contributed by atoms with Crippen molar-refractivity contribution in [1.29, 1.82) is 0 Å². The molecule has 19 heavy (non-hydrogen) atoms. The van der Waals surface area contributed by atoms with Crippen molar-refractivity contribution in [2.45, 2.75) is 60.0 Å². The summed E-state index contributed by atoms with van der Waals surface area (Å²) in [6.45, 7) is 18.9. The number of hydrogen-bond acceptors (Lipinski definition) is 3. The maximum absolute atomic E-state index is 5.67. The lowest BCUT2D eigenvalue weighted by Gasteiger charge is -2.44. The minimum Gasteiger partial charge on any atom is -0.381 e. The summed E-state index contributed by atoms with van der Waals surface area (Å²) in [7, 11) is 0. The van der Waals surface area contributed by atoms with E-state index in [0.717, 1.165) is 39.3 Å². The van der Waals surface area contributed by atoms with Gasteiger partial charge >= 0.3 is 0 Å². The second-order valence-electron chi connectivity index (χ2n) is 7.49. The third-order valence-corrected chi connectivity index (χ3v) is 3.93. The number of rotatable bonds is 6. The van der Waals surface area contributed by atoms with Gasteiger partial charge in [0.25, 0.3) is 0 Å². The van der Waals surface area contributed by atoms with Crippen molar-refractivity contribution in [2.75, 3.05) is 32.8 Å². The summed E-state index contributed by atoms with van der Waals surface area (Å²) in [5.41, 5.74) is 0.340. The topological polar surface area (TPSA) is 24.5 Å². The van der Waals surface area contributed by atoms with Gasteiger partial charge in [-0.2, -0.15) is 0 Å². The van der Waals surface area contributed by atoms with Gasteiger partial charge in [0.15, 0.2) is 0 Å².